The first-order chi connectivity index (χ1) is 12.0. The third-order valence-electron chi connectivity index (χ3n) is 4.12. The predicted octanol–water partition coefficient (Wildman–Crippen LogP) is 3.56. The van der Waals surface area contributed by atoms with Gasteiger partial charge in [0.05, 0.1) is 12.3 Å². The van der Waals surface area contributed by atoms with Crippen molar-refractivity contribution in [3.05, 3.63) is 53.2 Å². The first-order valence-electron chi connectivity index (χ1n) is 8.40. The molecule has 3 rings (SSSR count). The molecule has 0 spiro atoms. The minimum absolute atomic E-state index is 0.265. The molecule has 6 heteroatoms. The Labute approximate surface area is 146 Å². The average Bonchev–Trinajstić information content (AvgIpc) is 2.99. The fraction of sp³-hybridized carbons (Fsp3) is 0.316. The van der Waals surface area contributed by atoms with Gasteiger partial charge in [0.1, 0.15) is 22.8 Å². The van der Waals surface area contributed by atoms with E-state index < -0.39 is 0 Å². The van der Waals surface area contributed by atoms with E-state index in [0.717, 1.165) is 28.9 Å². The van der Waals surface area contributed by atoms with Crippen LogP contribution in [0.3, 0.4) is 0 Å². The van der Waals surface area contributed by atoms with Crippen molar-refractivity contribution in [2.45, 2.75) is 34.1 Å². The number of ether oxygens (including phenoxy) is 1. The summed E-state index contributed by atoms with van der Waals surface area (Å²) >= 11 is 0. The maximum atomic E-state index is 12.6. The lowest BCUT2D eigenvalue weighted by molar-refractivity contribution is 0.102. The molecular weight excluding hydrogens is 316 g/mol. The highest BCUT2D eigenvalue weighted by Gasteiger charge is 2.14. The number of aromatic nitrogens is 3. The summed E-state index contributed by atoms with van der Waals surface area (Å²) in [5.74, 6) is 0.333. The summed E-state index contributed by atoms with van der Waals surface area (Å²) in [6, 6.07) is 3.63. The number of imidazole rings is 1. The molecule has 1 N–H and O–H groups in total. The summed E-state index contributed by atoms with van der Waals surface area (Å²) in [6.07, 6.45) is 6.33. The van der Waals surface area contributed by atoms with Crippen LogP contribution in [-0.4, -0.2) is 26.9 Å². The predicted molar refractivity (Wildman–Crippen MR) is 97.4 cm³/mol. The van der Waals surface area contributed by atoms with Gasteiger partial charge in [0.25, 0.3) is 5.91 Å². The number of carbonyl (C=O) groups excluding carboxylic acids is 1. The quantitative estimate of drug-likeness (QED) is 0.772. The molecule has 0 aliphatic carbocycles. The number of nitrogens with one attached hydrogen (secondary N) is 1. The number of nitrogens with zero attached hydrogens (tertiary/aromatic N) is 3. The molecule has 6 nitrogen and oxygen atoms in total. The van der Waals surface area contributed by atoms with Crippen LogP contribution in [0.25, 0.3) is 5.65 Å². The highest BCUT2D eigenvalue weighted by molar-refractivity contribution is 6.03. The zero-order valence-corrected chi connectivity index (χ0v) is 15.0. The van der Waals surface area contributed by atoms with Crippen molar-refractivity contribution in [3.8, 4) is 5.75 Å². The molecule has 0 fully saturated rings. The van der Waals surface area contributed by atoms with Crippen LogP contribution in [0.2, 0.25) is 0 Å². The summed E-state index contributed by atoms with van der Waals surface area (Å²) in [7, 11) is 0. The molecule has 0 saturated carbocycles. The van der Waals surface area contributed by atoms with Crippen molar-refractivity contribution >= 4 is 17.2 Å². The number of pyridine rings is 2. The topological polar surface area (TPSA) is 68.5 Å². The summed E-state index contributed by atoms with van der Waals surface area (Å²) in [5.41, 5.74) is 4.84. The van der Waals surface area contributed by atoms with E-state index in [9.17, 15) is 4.79 Å². The van der Waals surface area contributed by atoms with Crippen LogP contribution in [0.1, 0.15) is 41.2 Å². The van der Waals surface area contributed by atoms with Crippen molar-refractivity contribution < 1.29 is 9.53 Å². The monoisotopic (exact) mass is 338 g/mol. The third kappa shape index (κ3) is 3.47. The Morgan fingerprint density at radius 1 is 1.20 bits per heavy atom. The Hall–Kier alpha value is -2.89. The Bertz CT molecular complexity index is 931. The van der Waals surface area contributed by atoms with Crippen molar-refractivity contribution in [2.75, 3.05) is 11.9 Å². The maximum Gasteiger partial charge on any atom is 0.274 e. The maximum absolute atomic E-state index is 12.6. The summed E-state index contributed by atoms with van der Waals surface area (Å²) in [6.45, 7) is 8.39. The zero-order chi connectivity index (χ0) is 18.0. The Morgan fingerprint density at radius 3 is 2.68 bits per heavy atom. The summed E-state index contributed by atoms with van der Waals surface area (Å²) in [4.78, 5) is 21.3. The molecule has 25 heavy (non-hydrogen) atoms. The number of carbonyl (C=O) groups is 1. The molecule has 0 radical (unpaired) electrons. The number of aryl methyl sites for hydroxylation is 3. The molecule has 130 valence electrons. The Morgan fingerprint density at radius 2 is 2.00 bits per heavy atom. The molecule has 0 aliphatic heterocycles. The molecule has 0 bridgehead atoms. The third-order valence-corrected chi connectivity index (χ3v) is 4.12. The van der Waals surface area contributed by atoms with Gasteiger partial charge < -0.3 is 14.5 Å². The van der Waals surface area contributed by atoms with Gasteiger partial charge in [-0.1, -0.05) is 6.92 Å². The van der Waals surface area contributed by atoms with Crippen molar-refractivity contribution in [1.82, 2.24) is 14.4 Å². The second kappa shape index (κ2) is 6.93. The molecule has 3 aromatic rings. The molecule has 0 aliphatic rings. The number of hydrogen-bond acceptors (Lipinski definition) is 4. The van der Waals surface area contributed by atoms with Gasteiger partial charge in [-0.3, -0.25) is 9.78 Å². The van der Waals surface area contributed by atoms with Crippen molar-refractivity contribution in [2.24, 2.45) is 0 Å². The molecule has 3 aromatic heterocycles. The molecule has 1 amide bonds. The van der Waals surface area contributed by atoms with Crippen molar-refractivity contribution in [1.29, 1.82) is 0 Å². The normalized spacial score (nSPS) is 10.9. The van der Waals surface area contributed by atoms with E-state index in [1.165, 1.54) is 0 Å². The molecule has 3 heterocycles. The average molecular weight is 338 g/mol. The minimum Gasteiger partial charge on any atom is -0.491 e. The molecule has 0 atom stereocenters. The zero-order valence-electron chi connectivity index (χ0n) is 15.0. The van der Waals surface area contributed by atoms with Gasteiger partial charge in [-0.2, -0.15) is 0 Å². The van der Waals surface area contributed by atoms with E-state index in [1.54, 1.807) is 12.3 Å². The van der Waals surface area contributed by atoms with Crippen LogP contribution in [0, 0.1) is 13.8 Å². The number of hydrogen-bond donors (Lipinski definition) is 1. The number of rotatable bonds is 5. The van der Waals surface area contributed by atoms with Crippen LogP contribution in [0.15, 0.2) is 30.7 Å². The van der Waals surface area contributed by atoms with E-state index in [2.05, 4.69) is 22.2 Å². The van der Waals surface area contributed by atoms with Gasteiger partial charge in [-0.05, 0) is 44.4 Å². The lowest BCUT2D eigenvalue weighted by atomic mass is 10.1. The van der Waals surface area contributed by atoms with Gasteiger partial charge >= 0.3 is 0 Å². The lowest BCUT2D eigenvalue weighted by Crippen LogP contribution is -2.15. The minimum atomic E-state index is -0.265. The van der Waals surface area contributed by atoms with Crippen molar-refractivity contribution in [3.63, 3.8) is 0 Å². The van der Waals surface area contributed by atoms with Gasteiger partial charge in [0.15, 0.2) is 0 Å². The van der Waals surface area contributed by atoms with Crippen LogP contribution in [0.5, 0.6) is 5.75 Å². The SMILES string of the molecule is CCOc1cc2nc(CC)cn2cc1NC(=O)c1cc(C)c(C)cn1. The number of amides is 1. The van der Waals surface area contributed by atoms with E-state index >= 15 is 0 Å². The van der Waals surface area contributed by atoms with Gasteiger partial charge in [-0.15, -0.1) is 0 Å². The molecule has 0 saturated heterocycles. The molecule has 0 unspecified atom stereocenters. The van der Waals surface area contributed by atoms with Crippen LogP contribution >= 0.6 is 0 Å². The second-order valence-corrected chi connectivity index (χ2v) is 5.94. The highest BCUT2D eigenvalue weighted by Crippen LogP contribution is 2.27. The van der Waals surface area contributed by atoms with Crippen LogP contribution in [0.4, 0.5) is 5.69 Å². The molecule has 0 aromatic carbocycles. The van der Waals surface area contributed by atoms with Crippen LogP contribution in [-0.2, 0) is 6.42 Å². The number of fused-ring (bicyclic) bond motifs is 1. The van der Waals surface area contributed by atoms with E-state index in [-0.39, 0.29) is 5.91 Å². The first kappa shape index (κ1) is 17.0. The standard InChI is InChI=1S/C19H22N4O2/c1-5-14-10-23-11-16(17(25-6-2)8-18(23)21-14)22-19(24)15-7-12(3)13(4)9-20-15/h7-11H,5-6H2,1-4H3,(H,22,24). The largest absolute Gasteiger partial charge is 0.491 e. The second-order valence-electron chi connectivity index (χ2n) is 5.94. The van der Waals surface area contributed by atoms with E-state index in [0.29, 0.717) is 23.7 Å². The fourth-order valence-electron chi connectivity index (χ4n) is 2.54. The highest BCUT2D eigenvalue weighted by atomic mass is 16.5. The summed E-state index contributed by atoms with van der Waals surface area (Å²) < 4.78 is 7.57. The van der Waals surface area contributed by atoms with Crippen LogP contribution < -0.4 is 10.1 Å². The summed E-state index contributed by atoms with van der Waals surface area (Å²) in [5, 5.41) is 2.90. The van der Waals surface area contributed by atoms with Gasteiger partial charge in [-0.25, -0.2) is 4.98 Å². The van der Waals surface area contributed by atoms with E-state index in [1.807, 2.05) is 43.6 Å². The fourth-order valence-corrected chi connectivity index (χ4v) is 2.54. The molecular formula is C19H22N4O2. The Kier molecular flexibility index (Phi) is 4.70. The first-order valence-corrected chi connectivity index (χ1v) is 8.40. The van der Waals surface area contributed by atoms with Gasteiger partial charge in [0.2, 0.25) is 0 Å². The number of anilines is 1. The van der Waals surface area contributed by atoms with E-state index in [4.69, 9.17) is 4.74 Å². The lowest BCUT2D eigenvalue weighted by Gasteiger charge is -2.12. The van der Waals surface area contributed by atoms with Gasteiger partial charge in [0, 0.05) is 24.7 Å². The Balaban J connectivity index is 1.96. The smallest absolute Gasteiger partial charge is 0.274 e.